The Hall–Kier alpha value is -0.770. The van der Waals surface area contributed by atoms with E-state index in [-0.39, 0.29) is 12.1 Å². The van der Waals surface area contributed by atoms with Gasteiger partial charge in [0.05, 0.1) is 12.1 Å². The van der Waals surface area contributed by atoms with Crippen LogP contribution in [0.4, 0.5) is 4.79 Å². The summed E-state index contributed by atoms with van der Waals surface area (Å²) in [5.41, 5.74) is 4.98. The molecule has 0 spiro atoms. The second-order valence-corrected chi connectivity index (χ2v) is 2.82. The lowest BCUT2D eigenvalue weighted by Crippen LogP contribution is -2.43. The number of rotatable bonds is 2. The van der Waals surface area contributed by atoms with Gasteiger partial charge in [0.25, 0.3) is 0 Å². The van der Waals surface area contributed by atoms with Gasteiger partial charge < -0.3 is 15.8 Å². The number of hydrogen-bond donors (Lipinski definition) is 2. The molecule has 4 nitrogen and oxygen atoms in total. The van der Waals surface area contributed by atoms with Crippen LogP contribution in [0, 0.1) is 0 Å². The number of nitrogens with one attached hydrogen (secondary N) is 1. The molecule has 0 saturated heterocycles. The van der Waals surface area contributed by atoms with Crippen molar-refractivity contribution in [2.45, 2.75) is 31.4 Å². The molecule has 64 valence electrons. The molecule has 11 heavy (non-hydrogen) atoms. The molecule has 0 aromatic heterocycles. The zero-order valence-electron chi connectivity index (χ0n) is 6.67. The zero-order chi connectivity index (χ0) is 8.27. The molecule has 1 fully saturated rings. The molecule has 0 radical (unpaired) electrons. The van der Waals surface area contributed by atoms with Crippen molar-refractivity contribution in [1.82, 2.24) is 5.32 Å². The lowest BCUT2D eigenvalue weighted by molar-refractivity contribution is 0.0880. The first-order valence-corrected chi connectivity index (χ1v) is 3.83. The van der Waals surface area contributed by atoms with Crippen LogP contribution in [0.1, 0.15) is 19.3 Å². The van der Waals surface area contributed by atoms with Crippen molar-refractivity contribution in [3.05, 3.63) is 0 Å². The van der Waals surface area contributed by atoms with E-state index < -0.39 is 6.03 Å². The first kappa shape index (κ1) is 8.33. The van der Waals surface area contributed by atoms with Crippen LogP contribution in [0.25, 0.3) is 0 Å². The van der Waals surface area contributed by atoms with E-state index in [1.54, 1.807) is 7.11 Å². The lowest BCUT2D eigenvalue weighted by atomic mass is 10.2. The molecule has 1 aliphatic rings. The minimum Gasteiger partial charge on any atom is -0.379 e. The fourth-order valence-electron chi connectivity index (χ4n) is 1.56. The van der Waals surface area contributed by atoms with Crippen LogP contribution in [-0.2, 0) is 4.74 Å². The molecule has 2 amide bonds. The van der Waals surface area contributed by atoms with Gasteiger partial charge in [-0.2, -0.15) is 0 Å². The van der Waals surface area contributed by atoms with Gasteiger partial charge in [-0.25, -0.2) is 4.79 Å². The summed E-state index contributed by atoms with van der Waals surface area (Å²) in [6.07, 6.45) is 3.24. The highest BCUT2D eigenvalue weighted by Crippen LogP contribution is 2.20. The van der Waals surface area contributed by atoms with Crippen molar-refractivity contribution in [2.24, 2.45) is 5.73 Å². The molecular formula is C7H14N2O2. The highest BCUT2D eigenvalue weighted by Gasteiger charge is 2.27. The number of ether oxygens (including phenoxy) is 1. The summed E-state index contributed by atoms with van der Waals surface area (Å²) in [5, 5.41) is 2.66. The number of urea groups is 1. The summed E-state index contributed by atoms with van der Waals surface area (Å²) in [5.74, 6) is 0. The Bertz CT molecular complexity index is 149. The second-order valence-electron chi connectivity index (χ2n) is 2.82. The van der Waals surface area contributed by atoms with E-state index in [0.717, 1.165) is 19.3 Å². The third kappa shape index (κ3) is 2.08. The molecule has 0 aromatic carbocycles. The number of primary amides is 1. The summed E-state index contributed by atoms with van der Waals surface area (Å²) >= 11 is 0. The number of carbonyl (C=O) groups excluding carboxylic acids is 1. The summed E-state index contributed by atoms with van der Waals surface area (Å²) < 4.78 is 5.15. The molecule has 0 unspecified atom stereocenters. The van der Waals surface area contributed by atoms with Crippen LogP contribution in [0.5, 0.6) is 0 Å². The van der Waals surface area contributed by atoms with Gasteiger partial charge in [-0.1, -0.05) is 0 Å². The molecule has 3 N–H and O–H groups in total. The molecule has 2 atom stereocenters. The number of hydrogen-bond acceptors (Lipinski definition) is 2. The van der Waals surface area contributed by atoms with Crippen molar-refractivity contribution in [3.8, 4) is 0 Å². The van der Waals surface area contributed by atoms with Gasteiger partial charge in [0.1, 0.15) is 0 Å². The first-order chi connectivity index (χ1) is 5.24. The number of carbonyl (C=O) groups is 1. The average molecular weight is 158 g/mol. The minimum absolute atomic E-state index is 0.123. The maximum atomic E-state index is 10.5. The highest BCUT2D eigenvalue weighted by atomic mass is 16.5. The molecule has 1 saturated carbocycles. The molecule has 0 aromatic rings. The van der Waals surface area contributed by atoms with Crippen molar-refractivity contribution in [1.29, 1.82) is 0 Å². The van der Waals surface area contributed by atoms with Gasteiger partial charge in [0.15, 0.2) is 0 Å². The normalized spacial score (nSPS) is 30.3. The summed E-state index contributed by atoms with van der Waals surface area (Å²) in [4.78, 5) is 10.5. The van der Waals surface area contributed by atoms with Gasteiger partial charge in [-0.15, -0.1) is 0 Å². The summed E-state index contributed by atoms with van der Waals surface area (Å²) in [6, 6.07) is -0.337. The number of amides is 2. The largest absolute Gasteiger partial charge is 0.379 e. The Morgan fingerprint density at radius 3 is 2.91 bits per heavy atom. The van der Waals surface area contributed by atoms with Crippen molar-refractivity contribution >= 4 is 6.03 Å². The van der Waals surface area contributed by atoms with Gasteiger partial charge in [0, 0.05) is 7.11 Å². The quantitative estimate of drug-likeness (QED) is 0.604. The fourth-order valence-corrected chi connectivity index (χ4v) is 1.56. The Morgan fingerprint density at radius 2 is 2.36 bits per heavy atom. The van der Waals surface area contributed by atoms with Gasteiger partial charge in [-0.05, 0) is 19.3 Å². The van der Waals surface area contributed by atoms with E-state index in [1.807, 2.05) is 0 Å². The van der Waals surface area contributed by atoms with Crippen LogP contribution < -0.4 is 11.1 Å². The Labute approximate surface area is 66.1 Å². The van der Waals surface area contributed by atoms with Crippen molar-refractivity contribution < 1.29 is 9.53 Å². The van der Waals surface area contributed by atoms with Crippen molar-refractivity contribution in [2.75, 3.05) is 7.11 Å². The van der Waals surface area contributed by atoms with Crippen molar-refractivity contribution in [3.63, 3.8) is 0 Å². The van der Waals surface area contributed by atoms with E-state index in [2.05, 4.69) is 5.32 Å². The SMILES string of the molecule is CO[C@H]1CCC[C@@H]1NC(N)=O. The summed E-state index contributed by atoms with van der Waals surface area (Å²) in [6.45, 7) is 0. The summed E-state index contributed by atoms with van der Waals surface area (Å²) in [7, 11) is 1.66. The molecule has 4 heteroatoms. The molecule has 0 heterocycles. The minimum atomic E-state index is -0.459. The van der Waals surface area contributed by atoms with E-state index in [0.29, 0.717) is 0 Å². The Balaban J connectivity index is 2.37. The molecule has 1 aliphatic carbocycles. The maximum absolute atomic E-state index is 10.5. The molecular weight excluding hydrogens is 144 g/mol. The fraction of sp³-hybridized carbons (Fsp3) is 0.857. The van der Waals surface area contributed by atoms with E-state index in [1.165, 1.54) is 0 Å². The van der Waals surface area contributed by atoms with Crippen LogP contribution in [-0.4, -0.2) is 25.3 Å². The van der Waals surface area contributed by atoms with E-state index in [9.17, 15) is 4.79 Å². The van der Waals surface area contributed by atoms with E-state index in [4.69, 9.17) is 10.5 Å². The predicted octanol–water partition coefficient (Wildman–Crippen LogP) is 0.222. The predicted molar refractivity (Wildman–Crippen MR) is 41.2 cm³/mol. The highest BCUT2D eigenvalue weighted by molar-refractivity contribution is 5.72. The number of nitrogens with two attached hydrogens (primary N) is 1. The lowest BCUT2D eigenvalue weighted by Gasteiger charge is -2.17. The third-order valence-corrected chi connectivity index (χ3v) is 2.08. The van der Waals surface area contributed by atoms with Crippen LogP contribution in [0.3, 0.4) is 0 Å². The zero-order valence-corrected chi connectivity index (χ0v) is 6.67. The van der Waals surface area contributed by atoms with Gasteiger partial charge >= 0.3 is 6.03 Å². The Morgan fingerprint density at radius 1 is 1.64 bits per heavy atom. The van der Waals surface area contributed by atoms with E-state index >= 15 is 0 Å². The van der Waals surface area contributed by atoms with Gasteiger partial charge in [0.2, 0.25) is 0 Å². The van der Waals surface area contributed by atoms with Crippen LogP contribution in [0.2, 0.25) is 0 Å². The molecule has 0 aliphatic heterocycles. The smallest absolute Gasteiger partial charge is 0.312 e. The first-order valence-electron chi connectivity index (χ1n) is 3.83. The van der Waals surface area contributed by atoms with Crippen LogP contribution in [0.15, 0.2) is 0 Å². The standard InChI is InChI=1S/C7H14N2O2/c1-11-6-4-2-3-5(6)9-7(8)10/h5-6H,2-4H2,1H3,(H3,8,9,10)/t5-,6-/m0/s1. The monoisotopic (exact) mass is 158 g/mol. The molecule has 1 rings (SSSR count). The molecule has 0 bridgehead atoms. The van der Waals surface area contributed by atoms with Crippen LogP contribution >= 0.6 is 0 Å². The maximum Gasteiger partial charge on any atom is 0.312 e. The Kier molecular flexibility index (Phi) is 2.70. The topological polar surface area (TPSA) is 64.3 Å². The third-order valence-electron chi connectivity index (χ3n) is 2.08. The second kappa shape index (κ2) is 3.57. The average Bonchev–Trinajstić information content (AvgIpc) is 2.34. The number of methoxy groups -OCH3 is 1. The van der Waals surface area contributed by atoms with Gasteiger partial charge in [-0.3, -0.25) is 0 Å².